The van der Waals surface area contributed by atoms with Crippen LogP contribution in [0, 0.1) is 21.4 Å². The molecule has 0 spiro atoms. The normalized spacial score (nSPS) is 10.7. The van der Waals surface area contributed by atoms with Crippen molar-refractivity contribution >= 4 is 23.0 Å². The van der Waals surface area contributed by atoms with Gasteiger partial charge in [-0.1, -0.05) is 24.3 Å². The molecule has 0 saturated heterocycles. The molecule has 0 bridgehead atoms. The Morgan fingerprint density at radius 1 is 1.15 bits per heavy atom. The fourth-order valence-corrected chi connectivity index (χ4v) is 2.52. The first kappa shape index (κ1) is 18.7. The van der Waals surface area contributed by atoms with Gasteiger partial charge in [0, 0.05) is 30.9 Å². The molecule has 0 aliphatic rings. The van der Waals surface area contributed by atoms with Crippen LogP contribution in [-0.4, -0.2) is 18.0 Å². The van der Waals surface area contributed by atoms with Crippen LogP contribution in [0.2, 0.25) is 0 Å². The highest BCUT2D eigenvalue weighted by atomic mass is 16.6. The highest BCUT2D eigenvalue weighted by Gasteiger charge is 2.08. The molecule has 0 saturated carbocycles. The third kappa shape index (κ3) is 4.68. The molecular formula is C21H19N3O2. The van der Waals surface area contributed by atoms with E-state index in [1.165, 1.54) is 12.1 Å². The minimum Gasteiger partial charge on any atom is -0.364 e. The monoisotopic (exact) mass is 345 g/mol. The summed E-state index contributed by atoms with van der Waals surface area (Å²) >= 11 is 0. The summed E-state index contributed by atoms with van der Waals surface area (Å²) in [5.74, 6) is 0. The van der Waals surface area contributed by atoms with Crippen LogP contribution in [0.3, 0.4) is 0 Å². The predicted octanol–water partition coefficient (Wildman–Crippen LogP) is 4.84. The standard InChI is InChI=1S/C21H19N3O2/c1-3-12-23(13-4-2)21-7-5-6-17(15-21)14-19(16-22)18-8-10-20(11-9-18)24(25)26/h3-11,14-15H,1-2,12-13H2/b19-14+. The average molecular weight is 345 g/mol. The van der Waals surface area contributed by atoms with Crippen molar-refractivity contribution in [1.82, 2.24) is 0 Å². The maximum Gasteiger partial charge on any atom is 0.269 e. The van der Waals surface area contributed by atoms with Crippen molar-refractivity contribution in [1.29, 1.82) is 5.26 Å². The molecular weight excluding hydrogens is 326 g/mol. The molecule has 0 amide bonds. The summed E-state index contributed by atoms with van der Waals surface area (Å²) in [5, 5.41) is 20.2. The molecule has 0 aromatic heterocycles. The number of allylic oxidation sites excluding steroid dienone is 1. The molecule has 0 heterocycles. The fourth-order valence-electron chi connectivity index (χ4n) is 2.52. The van der Waals surface area contributed by atoms with Gasteiger partial charge >= 0.3 is 0 Å². The number of nitrogens with zero attached hydrogens (tertiary/aromatic N) is 3. The summed E-state index contributed by atoms with van der Waals surface area (Å²) in [6, 6.07) is 15.9. The Morgan fingerprint density at radius 3 is 2.35 bits per heavy atom. The van der Waals surface area contributed by atoms with E-state index in [1.54, 1.807) is 18.2 Å². The third-order valence-corrected chi connectivity index (χ3v) is 3.75. The van der Waals surface area contributed by atoms with Crippen molar-refractivity contribution in [3.05, 3.63) is 95.1 Å². The Bertz CT molecular complexity index is 867. The van der Waals surface area contributed by atoms with Crippen LogP contribution < -0.4 is 4.90 Å². The van der Waals surface area contributed by atoms with Crippen molar-refractivity contribution in [3.63, 3.8) is 0 Å². The van der Waals surface area contributed by atoms with Crippen molar-refractivity contribution < 1.29 is 4.92 Å². The molecule has 0 radical (unpaired) electrons. The number of nitro benzene ring substituents is 1. The minimum atomic E-state index is -0.461. The lowest BCUT2D eigenvalue weighted by molar-refractivity contribution is -0.384. The van der Waals surface area contributed by atoms with Gasteiger partial charge in [-0.2, -0.15) is 5.26 Å². The minimum absolute atomic E-state index is 0.00229. The van der Waals surface area contributed by atoms with Crippen LogP contribution in [0.25, 0.3) is 11.6 Å². The van der Waals surface area contributed by atoms with Gasteiger partial charge in [-0.25, -0.2) is 0 Å². The Kier molecular flexibility index (Phi) is 6.47. The fraction of sp³-hybridized carbons (Fsp3) is 0.0952. The quantitative estimate of drug-likeness (QED) is 0.226. The van der Waals surface area contributed by atoms with Crippen molar-refractivity contribution in [2.75, 3.05) is 18.0 Å². The highest BCUT2D eigenvalue weighted by Crippen LogP contribution is 2.23. The first-order valence-corrected chi connectivity index (χ1v) is 8.02. The van der Waals surface area contributed by atoms with Crippen molar-refractivity contribution in [3.8, 4) is 6.07 Å². The number of nitriles is 1. The van der Waals surface area contributed by atoms with Crippen LogP contribution in [0.15, 0.2) is 73.8 Å². The van der Waals surface area contributed by atoms with Crippen LogP contribution in [0.1, 0.15) is 11.1 Å². The number of rotatable bonds is 8. The van der Waals surface area contributed by atoms with Gasteiger partial charge in [-0.3, -0.25) is 10.1 Å². The number of non-ortho nitro benzene ring substituents is 1. The molecule has 0 unspecified atom stereocenters. The lowest BCUT2D eigenvalue weighted by Gasteiger charge is -2.22. The Labute approximate surface area is 153 Å². The molecule has 0 atom stereocenters. The van der Waals surface area contributed by atoms with Gasteiger partial charge in [0.15, 0.2) is 0 Å². The summed E-state index contributed by atoms with van der Waals surface area (Å²) in [6.45, 7) is 8.92. The zero-order chi connectivity index (χ0) is 18.9. The first-order valence-electron chi connectivity index (χ1n) is 8.02. The second-order valence-corrected chi connectivity index (χ2v) is 5.55. The van der Waals surface area contributed by atoms with E-state index in [4.69, 9.17) is 0 Å². The summed E-state index contributed by atoms with van der Waals surface area (Å²) in [5.41, 5.74) is 2.95. The van der Waals surface area contributed by atoms with E-state index in [9.17, 15) is 15.4 Å². The molecule has 130 valence electrons. The van der Waals surface area contributed by atoms with Crippen molar-refractivity contribution in [2.45, 2.75) is 0 Å². The van der Waals surface area contributed by atoms with Gasteiger partial charge < -0.3 is 4.90 Å². The maximum atomic E-state index is 10.8. The summed E-state index contributed by atoms with van der Waals surface area (Å²) in [6.07, 6.45) is 5.41. The predicted molar refractivity (Wildman–Crippen MR) is 106 cm³/mol. The molecule has 5 heteroatoms. The molecule has 2 aromatic carbocycles. The molecule has 0 N–H and O–H groups in total. The van der Waals surface area contributed by atoms with E-state index in [1.807, 2.05) is 36.4 Å². The van der Waals surface area contributed by atoms with E-state index in [0.717, 1.165) is 11.3 Å². The molecule has 2 aromatic rings. The van der Waals surface area contributed by atoms with Gasteiger partial charge in [0.1, 0.15) is 0 Å². The van der Waals surface area contributed by atoms with E-state index in [0.29, 0.717) is 24.2 Å². The largest absolute Gasteiger partial charge is 0.364 e. The number of hydrogen-bond donors (Lipinski definition) is 0. The van der Waals surface area contributed by atoms with Crippen molar-refractivity contribution in [2.24, 2.45) is 0 Å². The molecule has 2 rings (SSSR count). The molecule has 26 heavy (non-hydrogen) atoms. The van der Waals surface area contributed by atoms with Gasteiger partial charge in [0.25, 0.3) is 5.69 Å². The van der Waals surface area contributed by atoms with Gasteiger partial charge in [-0.05, 0) is 41.5 Å². The van der Waals surface area contributed by atoms with E-state index in [2.05, 4.69) is 24.1 Å². The van der Waals surface area contributed by atoms with E-state index in [-0.39, 0.29) is 5.69 Å². The molecule has 0 fully saturated rings. The summed E-state index contributed by atoms with van der Waals surface area (Å²) < 4.78 is 0. The lowest BCUT2D eigenvalue weighted by atomic mass is 10.0. The Morgan fingerprint density at radius 2 is 1.81 bits per heavy atom. The maximum absolute atomic E-state index is 10.8. The van der Waals surface area contributed by atoms with Gasteiger partial charge in [-0.15, -0.1) is 13.2 Å². The Balaban J connectivity index is 2.35. The highest BCUT2D eigenvalue weighted by molar-refractivity contribution is 5.90. The molecule has 0 aliphatic heterocycles. The second kappa shape index (κ2) is 9.00. The smallest absolute Gasteiger partial charge is 0.269 e. The lowest BCUT2D eigenvalue weighted by Crippen LogP contribution is -2.22. The summed E-state index contributed by atoms with van der Waals surface area (Å²) in [7, 11) is 0. The number of nitro groups is 1. The topological polar surface area (TPSA) is 70.2 Å². The third-order valence-electron chi connectivity index (χ3n) is 3.75. The first-order chi connectivity index (χ1) is 12.6. The number of benzene rings is 2. The van der Waals surface area contributed by atoms with Crippen LogP contribution in [-0.2, 0) is 0 Å². The van der Waals surface area contributed by atoms with E-state index >= 15 is 0 Å². The molecule has 5 nitrogen and oxygen atoms in total. The second-order valence-electron chi connectivity index (χ2n) is 5.55. The number of hydrogen-bond acceptors (Lipinski definition) is 4. The molecule has 0 aliphatic carbocycles. The van der Waals surface area contributed by atoms with E-state index < -0.39 is 4.92 Å². The zero-order valence-corrected chi connectivity index (χ0v) is 14.3. The number of anilines is 1. The average Bonchev–Trinajstić information content (AvgIpc) is 2.66. The SMILES string of the molecule is C=CCN(CC=C)c1cccc(/C=C(\C#N)c2ccc([N+](=O)[O-])cc2)c1. The van der Waals surface area contributed by atoms with Gasteiger partial charge in [0.2, 0.25) is 0 Å². The van der Waals surface area contributed by atoms with Gasteiger partial charge in [0.05, 0.1) is 16.6 Å². The Hall–Kier alpha value is -3.65. The zero-order valence-electron chi connectivity index (χ0n) is 14.3. The van der Waals surface area contributed by atoms with Crippen LogP contribution in [0.4, 0.5) is 11.4 Å². The van der Waals surface area contributed by atoms with Crippen LogP contribution in [0.5, 0.6) is 0 Å². The summed E-state index contributed by atoms with van der Waals surface area (Å²) in [4.78, 5) is 12.4. The van der Waals surface area contributed by atoms with Crippen LogP contribution >= 0.6 is 0 Å².